The maximum Gasteiger partial charge on any atom is 0.246 e. The van der Waals surface area contributed by atoms with Crippen LogP contribution in [0.4, 0.5) is 5.69 Å². The number of aromatic nitrogens is 1. The molecule has 0 amide bonds. The van der Waals surface area contributed by atoms with Crippen LogP contribution in [0, 0.1) is 13.8 Å². The highest BCUT2D eigenvalue weighted by molar-refractivity contribution is 7.89. The molecule has 0 spiro atoms. The summed E-state index contributed by atoms with van der Waals surface area (Å²) in [5.41, 5.74) is 2.61. The summed E-state index contributed by atoms with van der Waals surface area (Å²) in [4.78, 5) is 27.8. The van der Waals surface area contributed by atoms with Crippen molar-refractivity contribution in [2.45, 2.75) is 45.6 Å². The second-order valence-electron chi connectivity index (χ2n) is 7.29. The molecule has 8 nitrogen and oxygen atoms in total. The molecule has 1 aromatic heterocycles. The van der Waals surface area contributed by atoms with Crippen LogP contribution < -0.4 is 10.1 Å². The largest absolute Gasteiger partial charge is 0.492 e. The van der Waals surface area contributed by atoms with Crippen molar-refractivity contribution in [3.63, 3.8) is 0 Å². The van der Waals surface area contributed by atoms with Gasteiger partial charge in [-0.25, -0.2) is 12.7 Å². The number of nitrogens with zero attached hydrogens (tertiary/aromatic N) is 1. The lowest BCUT2D eigenvalue weighted by Gasteiger charge is -2.19. The average molecular weight is 436 g/mol. The van der Waals surface area contributed by atoms with Gasteiger partial charge in [0.15, 0.2) is 5.78 Å². The Labute approximate surface area is 177 Å². The lowest BCUT2D eigenvalue weighted by atomic mass is 10.0. The molecule has 0 aliphatic rings. The maximum absolute atomic E-state index is 13.0. The van der Waals surface area contributed by atoms with E-state index in [4.69, 9.17) is 4.74 Å². The van der Waals surface area contributed by atoms with E-state index in [-0.39, 0.29) is 22.2 Å². The summed E-state index contributed by atoms with van der Waals surface area (Å²) in [6.07, 6.45) is 0. The number of hydrogen-bond acceptors (Lipinski definition) is 6. The minimum absolute atomic E-state index is 0.0183. The van der Waals surface area contributed by atoms with Gasteiger partial charge >= 0.3 is 0 Å². The number of H-pyrrole nitrogens is 1. The third-order valence-corrected chi connectivity index (χ3v) is 6.65. The van der Waals surface area contributed by atoms with Gasteiger partial charge in [-0.1, -0.05) is 0 Å². The Bertz CT molecular complexity index is 1070. The highest BCUT2D eigenvalue weighted by atomic mass is 32.2. The Kier molecular flexibility index (Phi) is 7.10. The third kappa shape index (κ3) is 4.57. The average Bonchev–Trinajstić information content (AvgIpc) is 2.96. The molecule has 1 heterocycles. The molecule has 2 aromatic rings. The van der Waals surface area contributed by atoms with Gasteiger partial charge in [0, 0.05) is 31.0 Å². The molecule has 0 aliphatic carbocycles. The smallest absolute Gasteiger partial charge is 0.246 e. The summed E-state index contributed by atoms with van der Waals surface area (Å²) in [7, 11) is -0.850. The number of anilines is 1. The molecular formula is C21H29N3O5S. The Morgan fingerprint density at radius 3 is 2.37 bits per heavy atom. The van der Waals surface area contributed by atoms with Gasteiger partial charge in [0.1, 0.15) is 10.6 Å². The lowest BCUT2D eigenvalue weighted by Crippen LogP contribution is -2.27. The Morgan fingerprint density at radius 1 is 1.23 bits per heavy atom. The number of ketones is 2. The molecule has 1 aromatic carbocycles. The van der Waals surface area contributed by atoms with Crippen LogP contribution in [0.15, 0.2) is 23.1 Å². The van der Waals surface area contributed by atoms with Crippen LogP contribution in [0.3, 0.4) is 0 Å². The molecule has 0 radical (unpaired) electrons. The minimum atomic E-state index is -3.74. The van der Waals surface area contributed by atoms with Crippen molar-refractivity contribution in [2.24, 2.45) is 0 Å². The quantitative estimate of drug-likeness (QED) is 0.586. The van der Waals surface area contributed by atoms with Gasteiger partial charge in [0.25, 0.3) is 0 Å². The summed E-state index contributed by atoms with van der Waals surface area (Å²) in [6.45, 7) is 8.73. The van der Waals surface area contributed by atoms with E-state index in [0.717, 1.165) is 4.31 Å². The van der Waals surface area contributed by atoms with Gasteiger partial charge < -0.3 is 15.0 Å². The molecular weight excluding hydrogens is 406 g/mol. The summed E-state index contributed by atoms with van der Waals surface area (Å²) in [5.74, 6) is -0.0855. The molecule has 30 heavy (non-hydrogen) atoms. The number of nitrogens with one attached hydrogen (secondary N) is 2. The van der Waals surface area contributed by atoms with Gasteiger partial charge in [-0.05, 0) is 58.4 Å². The van der Waals surface area contributed by atoms with Crippen molar-refractivity contribution in [2.75, 3.05) is 26.0 Å². The fourth-order valence-electron chi connectivity index (χ4n) is 3.33. The maximum atomic E-state index is 13.0. The van der Waals surface area contributed by atoms with Crippen molar-refractivity contribution < 1.29 is 22.7 Å². The Hall–Kier alpha value is -2.65. The van der Waals surface area contributed by atoms with Crippen LogP contribution in [0.25, 0.3) is 0 Å². The molecule has 0 aliphatic heterocycles. The molecule has 2 N–H and O–H groups in total. The number of aromatic amines is 1. The number of hydrogen-bond donors (Lipinski definition) is 2. The fraction of sp³-hybridized carbons (Fsp3) is 0.429. The first-order valence-corrected chi connectivity index (χ1v) is 11.1. The van der Waals surface area contributed by atoms with Gasteiger partial charge in [-0.3, -0.25) is 9.59 Å². The van der Waals surface area contributed by atoms with E-state index in [2.05, 4.69) is 10.3 Å². The monoisotopic (exact) mass is 435 g/mol. The first kappa shape index (κ1) is 23.6. The fourth-order valence-corrected chi connectivity index (χ4v) is 4.38. The normalized spacial score (nSPS) is 12.7. The zero-order valence-electron chi connectivity index (χ0n) is 18.4. The molecule has 9 heteroatoms. The van der Waals surface area contributed by atoms with E-state index in [0.29, 0.717) is 34.8 Å². The zero-order valence-corrected chi connectivity index (χ0v) is 19.2. The number of carbonyl (C=O) groups excluding carboxylic acids is 2. The van der Waals surface area contributed by atoms with Crippen LogP contribution in [0.5, 0.6) is 5.75 Å². The molecule has 1 atom stereocenters. The Morgan fingerprint density at radius 2 is 1.87 bits per heavy atom. The molecule has 164 valence electrons. The van der Waals surface area contributed by atoms with Crippen molar-refractivity contribution in [3.8, 4) is 5.75 Å². The summed E-state index contributed by atoms with van der Waals surface area (Å²) in [6, 6.07) is 4.03. The second-order valence-corrected chi connectivity index (χ2v) is 9.41. The lowest BCUT2D eigenvalue weighted by molar-refractivity contribution is 0.0970. The molecule has 0 bridgehead atoms. The van der Waals surface area contributed by atoms with Crippen LogP contribution in [-0.4, -0.2) is 56.0 Å². The van der Waals surface area contributed by atoms with Gasteiger partial charge in [-0.2, -0.15) is 0 Å². The predicted molar refractivity (Wildman–Crippen MR) is 116 cm³/mol. The summed E-state index contributed by atoms with van der Waals surface area (Å²) < 4.78 is 31.9. The first-order valence-electron chi connectivity index (χ1n) is 9.62. The highest BCUT2D eigenvalue weighted by Gasteiger charge is 2.26. The van der Waals surface area contributed by atoms with Gasteiger partial charge in [-0.15, -0.1) is 0 Å². The standard InChI is InChI=1S/C21H29N3O5S/c1-8-29-17-10-9-16(11-18(17)30(27,28)24(6)7)22-14(4)21(26)20-12(2)19(15(5)25)13(3)23-20/h9-11,14,22-23H,8H2,1-7H3/t14-/m0/s1. The first-order chi connectivity index (χ1) is 13.9. The van der Waals surface area contributed by atoms with Crippen LogP contribution >= 0.6 is 0 Å². The Balaban J connectivity index is 2.37. The van der Waals surface area contributed by atoms with Crippen molar-refractivity contribution >= 4 is 27.3 Å². The second kappa shape index (κ2) is 9.01. The molecule has 2 rings (SSSR count). The third-order valence-electron chi connectivity index (χ3n) is 4.81. The van der Waals surface area contributed by atoms with E-state index < -0.39 is 16.1 Å². The SMILES string of the molecule is CCOc1ccc(N[C@@H](C)C(=O)c2[nH]c(C)c(C(C)=O)c2C)cc1S(=O)(=O)N(C)C. The van der Waals surface area contributed by atoms with E-state index in [1.165, 1.54) is 27.1 Å². The van der Waals surface area contributed by atoms with Crippen molar-refractivity contribution in [1.82, 2.24) is 9.29 Å². The topological polar surface area (TPSA) is 109 Å². The minimum Gasteiger partial charge on any atom is -0.492 e. The number of rotatable bonds is 9. The molecule has 0 unspecified atom stereocenters. The zero-order chi connectivity index (χ0) is 22.8. The highest BCUT2D eigenvalue weighted by Crippen LogP contribution is 2.30. The molecule has 0 saturated heterocycles. The van der Waals surface area contributed by atoms with E-state index in [1.54, 1.807) is 39.8 Å². The predicted octanol–water partition coefficient (Wildman–Crippen LogP) is 3.17. The van der Waals surface area contributed by atoms with E-state index >= 15 is 0 Å². The van der Waals surface area contributed by atoms with E-state index in [9.17, 15) is 18.0 Å². The number of Topliss-reactive ketones (excluding diaryl/α,β-unsaturated/α-hetero) is 2. The number of carbonyl (C=O) groups is 2. The van der Waals surface area contributed by atoms with E-state index in [1.807, 2.05) is 0 Å². The van der Waals surface area contributed by atoms with Crippen molar-refractivity contribution in [1.29, 1.82) is 0 Å². The number of ether oxygens (including phenoxy) is 1. The number of benzene rings is 1. The summed E-state index contributed by atoms with van der Waals surface area (Å²) in [5, 5.41) is 3.05. The number of sulfonamides is 1. The summed E-state index contributed by atoms with van der Waals surface area (Å²) >= 11 is 0. The number of aryl methyl sites for hydroxylation is 1. The van der Waals surface area contributed by atoms with Crippen LogP contribution in [0.1, 0.15) is 52.9 Å². The van der Waals surface area contributed by atoms with Crippen LogP contribution in [0.2, 0.25) is 0 Å². The molecule has 0 saturated carbocycles. The molecule has 0 fully saturated rings. The van der Waals surface area contributed by atoms with Gasteiger partial charge in [0.2, 0.25) is 15.8 Å². The van der Waals surface area contributed by atoms with Crippen molar-refractivity contribution in [3.05, 3.63) is 40.7 Å². The van der Waals surface area contributed by atoms with Crippen LogP contribution in [-0.2, 0) is 10.0 Å². The van der Waals surface area contributed by atoms with Gasteiger partial charge in [0.05, 0.1) is 18.3 Å².